The second-order valence-electron chi connectivity index (χ2n) is 1.06. The molecular formula is C5H8O2Se. The van der Waals surface area contributed by atoms with Crippen LogP contribution in [0.1, 0.15) is 0 Å². The number of carbonyl (C=O) groups excluding carboxylic acids is 1. The van der Waals surface area contributed by atoms with Gasteiger partial charge in [0.15, 0.2) is 0 Å². The summed E-state index contributed by atoms with van der Waals surface area (Å²) in [5.41, 5.74) is 0. The molecule has 0 aliphatic carbocycles. The number of carbonyl (C=O) groups is 1. The van der Waals surface area contributed by atoms with Gasteiger partial charge < -0.3 is 0 Å². The average molecular weight is 179 g/mol. The van der Waals surface area contributed by atoms with Gasteiger partial charge in [-0.05, 0) is 0 Å². The van der Waals surface area contributed by atoms with Gasteiger partial charge in [-0.2, -0.15) is 0 Å². The second kappa shape index (κ2) is 4.88. The summed E-state index contributed by atoms with van der Waals surface area (Å²) in [5, 5.41) is 0. The summed E-state index contributed by atoms with van der Waals surface area (Å²) in [6.45, 7) is 0. The van der Waals surface area contributed by atoms with Gasteiger partial charge in [-0.25, -0.2) is 0 Å². The molecule has 0 aromatic heterocycles. The average Bonchev–Trinajstić information content (AvgIpc) is 1.83. The maximum atomic E-state index is 10.3. The first-order valence-electron chi connectivity index (χ1n) is 2.08. The molecule has 0 fully saturated rings. The van der Waals surface area contributed by atoms with Gasteiger partial charge in [0.05, 0.1) is 0 Å². The number of ether oxygens (including phenoxy) is 1. The summed E-state index contributed by atoms with van der Waals surface area (Å²) >= 11 is 0.425. The van der Waals surface area contributed by atoms with E-state index in [1.54, 1.807) is 0 Å². The van der Waals surface area contributed by atoms with Crippen LogP contribution in [0.5, 0.6) is 0 Å². The summed E-state index contributed by atoms with van der Waals surface area (Å²) in [6, 6.07) is 0. The normalized spacial score (nSPS) is 9.75. The molecule has 0 bridgehead atoms. The molecule has 0 rings (SSSR count). The van der Waals surface area contributed by atoms with Crippen molar-refractivity contribution >= 4 is 20.9 Å². The third-order valence-corrected chi connectivity index (χ3v) is 1.40. The summed E-state index contributed by atoms with van der Waals surface area (Å²) in [5.74, 6) is 1.75. The Morgan fingerprint density at radius 1 is 1.75 bits per heavy atom. The third-order valence-electron chi connectivity index (χ3n) is 0.541. The van der Waals surface area contributed by atoms with Crippen LogP contribution in [0.4, 0.5) is 0 Å². The molecule has 46 valence electrons. The molecule has 0 saturated heterocycles. The fourth-order valence-electron chi connectivity index (χ4n) is 0.192. The fraction of sp³-hybridized carbons (Fsp3) is 0.400. The minimum atomic E-state index is -0.270. The molecule has 0 spiro atoms. The van der Waals surface area contributed by atoms with E-state index in [4.69, 9.17) is 0 Å². The van der Waals surface area contributed by atoms with Crippen molar-refractivity contribution < 1.29 is 9.53 Å². The molecule has 0 saturated carbocycles. The predicted octanol–water partition coefficient (Wildman–Crippen LogP) is 0.425. The van der Waals surface area contributed by atoms with E-state index in [0.717, 1.165) is 0 Å². The fourth-order valence-corrected chi connectivity index (χ4v) is 0.710. The Morgan fingerprint density at radius 3 is 2.75 bits per heavy atom. The number of hydrogen-bond donors (Lipinski definition) is 0. The van der Waals surface area contributed by atoms with Crippen molar-refractivity contribution in [2.24, 2.45) is 0 Å². The monoisotopic (exact) mass is 180 g/mol. The van der Waals surface area contributed by atoms with Crippen LogP contribution in [-0.2, 0) is 9.53 Å². The van der Waals surface area contributed by atoms with Crippen LogP contribution >= 0.6 is 0 Å². The van der Waals surface area contributed by atoms with Gasteiger partial charge in [0.1, 0.15) is 0 Å². The molecule has 0 radical (unpaired) electrons. The zero-order chi connectivity index (χ0) is 6.41. The van der Waals surface area contributed by atoms with Gasteiger partial charge in [-0.3, -0.25) is 0 Å². The topological polar surface area (TPSA) is 26.3 Å². The quantitative estimate of drug-likeness (QED) is 0.349. The van der Waals surface area contributed by atoms with Crippen molar-refractivity contribution in [2.75, 3.05) is 7.11 Å². The van der Waals surface area contributed by atoms with E-state index in [0.29, 0.717) is 15.0 Å². The molecule has 0 aliphatic heterocycles. The van der Waals surface area contributed by atoms with Gasteiger partial charge in [0.25, 0.3) is 0 Å². The number of esters is 1. The number of methoxy groups -OCH3 is 1. The zero-order valence-corrected chi connectivity index (χ0v) is 6.59. The van der Waals surface area contributed by atoms with E-state index >= 15 is 0 Å². The van der Waals surface area contributed by atoms with Crippen LogP contribution in [0.2, 0.25) is 5.82 Å². The maximum absolute atomic E-state index is 10.3. The standard InChI is InChI=1S/C5H8O2Se/c1-7-5(6)3-4-8-2/h3-4H,1-2H3. The van der Waals surface area contributed by atoms with Gasteiger partial charge >= 0.3 is 54.4 Å². The molecule has 0 aliphatic rings. The van der Waals surface area contributed by atoms with E-state index < -0.39 is 0 Å². The SMILES string of the molecule is COC(=O)C=C[Se]C. The first kappa shape index (κ1) is 7.73. The van der Waals surface area contributed by atoms with Crippen LogP contribution in [0.15, 0.2) is 11.1 Å². The summed E-state index contributed by atoms with van der Waals surface area (Å²) < 4.78 is 4.34. The summed E-state index contributed by atoms with van der Waals surface area (Å²) in [7, 11) is 1.37. The molecule has 0 aromatic rings. The van der Waals surface area contributed by atoms with E-state index in [1.165, 1.54) is 13.2 Å². The first-order valence-corrected chi connectivity index (χ1v) is 4.78. The molecule has 0 aromatic carbocycles. The van der Waals surface area contributed by atoms with E-state index in [-0.39, 0.29) is 5.97 Å². The molecule has 2 nitrogen and oxygen atoms in total. The van der Waals surface area contributed by atoms with Crippen molar-refractivity contribution in [3.8, 4) is 0 Å². The molecular weight excluding hydrogens is 171 g/mol. The van der Waals surface area contributed by atoms with Gasteiger partial charge in [-0.15, -0.1) is 0 Å². The Balaban J connectivity index is 3.37. The van der Waals surface area contributed by atoms with Crippen LogP contribution < -0.4 is 0 Å². The van der Waals surface area contributed by atoms with Crippen molar-refractivity contribution in [1.82, 2.24) is 0 Å². The Bertz CT molecular complexity index is 98.6. The van der Waals surface area contributed by atoms with Crippen molar-refractivity contribution in [1.29, 1.82) is 0 Å². The van der Waals surface area contributed by atoms with Crippen molar-refractivity contribution in [2.45, 2.75) is 5.82 Å². The van der Waals surface area contributed by atoms with Crippen molar-refractivity contribution in [3.05, 3.63) is 11.1 Å². The molecule has 0 unspecified atom stereocenters. The van der Waals surface area contributed by atoms with E-state index in [2.05, 4.69) is 4.74 Å². The van der Waals surface area contributed by atoms with E-state index in [1.807, 2.05) is 10.8 Å². The number of hydrogen-bond acceptors (Lipinski definition) is 2. The zero-order valence-electron chi connectivity index (χ0n) is 4.88. The third kappa shape index (κ3) is 3.90. The van der Waals surface area contributed by atoms with E-state index in [9.17, 15) is 4.79 Å². The van der Waals surface area contributed by atoms with Crippen LogP contribution in [-0.4, -0.2) is 28.0 Å². The molecule has 0 amide bonds. The minimum absolute atomic E-state index is 0.270. The predicted molar refractivity (Wildman–Crippen MR) is 32.8 cm³/mol. The second-order valence-corrected chi connectivity index (χ2v) is 2.62. The van der Waals surface area contributed by atoms with Crippen LogP contribution in [0, 0.1) is 0 Å². The summed E-state index contributed by atoms with van der Waals surface area (Å²) in [4.78, 5) is 12.1. The molecule has 0 heterocycles. The van der Waals surface area contributed by atoms with Gasteiger partial charge in [-0.1, -0.05) is 0 Å². The Morgan fingerprint density at radius 2 is 2.38 bits per heavy atom. The summed E-state index contributed by atoms with van der Waals surface area (Å²) in [6.07, 6.45) is 1.44. The first-order chi connectivity index (χ1) is 3.81. The Labute approximate surface area is 55.1 Å². The molecule has 3 heteroatoms. The molecule has 8 heavy (non-hydrogen) atoms. The van der Waals surface area contributed by atoms with Crippen LogP contribution in [0.25, 0.3) is 0 Å². The van der Waals surface area contributed by atoms with Crippen molar-refractivity contribution in [3.63, 3.8) is 0 Å². The Hall–Kier alpha value is -0.271. The van der Waals surface area contributed by atoms with Crippen LogP contribution in [0.3, 0.4) is 0 Å². The molecule has 0 N–H and O–H groups in total. The van der Waals surface area contributed by atoms with Gasteiger partial charge in [0, 0.05) is 0 Å². The van der Waals surface area contributed by atoms with Gasteiger partial charge in [0.2, 0.25) is 0 Å². The Kier molecular flexibility index (Phi) is 4.71. The molecule has 0 atom stereocenters. The number of rotatable bonds is 2.